The van der Waals surface area contributed by atoms with Crippen molar-refractivity contribution in [1.29, 1.82) is 0 Å². The summed E-state index contributed by atoms with van der Waals surface area (Å²) in [5.74, 6) is 0.0343. The first-order chi connectivity index (χ1) is 7.28. The van der Waals surface area contributed by atoms with Gasteiger partial charge >= 0.3 is 6.09 Å². The maximum Gasteiger partial charge on any atom is 0.407 e. The van der Waals surface area contributed by atoms with Crippen LogP contribution in [0.4, 0.5) is 4.79 Å². The van der Waals surface area contributed by atoms with E-state index in [9.17, 15) is 4.79 Å². The van der Waals surface area contributed by atoms with Gasteiger partial charge in [-0.3, -0.25) is 0 Å². The number of alkyl carbamates (subject to hydrolysis) is 1. The molecule has 0 fully saturated rings. The highest BCUT2D eigenvalue weighted by atomic mass is 16.6. The molecule has 0 radical (unpaired) electrons. The van der Waals surface area contributed by atoms with Gasteiger partial charge in [0.1, 0.15) is 5.60 Å². The summed E-state index contributed by atoms with van der Waals surface area (Å²) in [6.07, 6.45) is -0.0246. The van der Waals surface area contributed by atoms with Gasteiger partial charge in [-0.05, 0) is 33.1 Å². The molecule has 0 aliphatic rings. The van der Waals surface area contributed by atoms with E-state index in [0.29, 0.717) is 6.42 Å². The minimum Gasteiger partial charge on any atom is -0.444 e. The Balaban J connectivity index is 4.07. The molecular formula is C11H23NO4. The van der Waals surface area contributed by atoms with E-state index in [1.165, 1.54) is 0 Å². The molecule has 5 nitrogen and oxygen atoms in total. The molecule has 0 rings (SSSR count). The van der Waals surface area contributed by atoms with Gasteiger partial charge in [-0.1, -0.05) is 6.92 Å². The lowest BCUT2D eigenvalue weighted by atomic mass is 10.0. The van der Waals surface area contributed by atoms with Crippen molar-refractivity contribution in [3.05, 3.63) is 0 Å². The minimum atomic E-state index is -0.549. The van der Waals surface area contributed by atoms with Crippen LogP contribution in [0.5, 0.6) is 0 Å². The van der Waals surface area contributed by atoms with Crippen LogP contribution >= 0.6 is 0 Å². The zero-order valence-corrected chi connectivity index (χ0v) is 10.5. The molecule has 16 heavy (non-hydrogen) atoms. The summed E-state index contributed by atoms with van der Waals surface area (Å²) in [5.41, 5.74) is -0.549. The number of hydrogen-bond donors (Lipinski definition) is 3. The van der Waals surface area contributed by atoms with Crippen molar-refractivity contribution in [3.8, 4) is 0 Å². The third-order valence-corrected chi connectivity index (χ3v) is 1.94. The zero-order valence-electron chi connectivity index (χ0n) is 10.5. The van der Waals surface area contributed by atoms with Crippen molar-refractivity contribution in [2.45, 2.75) is 45.8 Å². The van der Waals surface area contributed by atoms with E-state index in [2.05, 4.69) is 5.32 Å². The highest BCUT2D eigenvalue weighted by molar-refractivity contribution is 5.68. The Labute approximate surface area is 96.8 Å². The quantitative estimate of drug-likeness (QED) is 0.659. The van der Waals surface area contributed by atoms with Gasteiger partial charge in [-0.25, -0.2) is 4.79 Å². The van der Waals surface area contributed by atoms with Crippen molar-refractivity contribution >= 4 is 6.09 Å². The number of rotatable bonds is 5. The summed E-state index contributed by atoms with van der Waals surface area (Å²) in [5, 5.41) is 20.5. The fourth-order valence-electron chi connectivity index (χ4n) is 1.21. The molecule has 0 saturated heterocycles. The third kappa shape index (κ3) is 7.48. The Bertz CT molecular complexity index is 213. The number of hydrogen-bond acceptors (Lipinski definition) is 4. The number of amides is 1. The summed E-state index contributed by atoms with van der Waals surface area (Å²) in [7, 11) is 0. The number of carbonyl (C=O) groups excluding carboxylic acids is 1. The molecule has 0 aromatic rings. The first-order valence-electron chi connectivity index (χ1n) is 5.49. The summed E-state index contributed by atoms with van der Waals surface area (Å²) < 4.78 is 5.06. The molecule has 0 heterocycles. The molecule has 1 unspecified atom stereocenters. The monoisotopic (exact) mass is 233 g/mol. The minimum absolute atomic E-state index is 0.0342. The second kappa shape index (κ2) is 6.70. The van der Waals surface area contributed by atoms with Crippen LogP contribution in [0.1, 0.15) is 34.1 Å². The van der Waals surface area contributed by atoms with Gasteiger partial charge in [-0.2, -0.15) is 0 Å². The fourth-order valence-corrected chi connectivity index (χ4v) is 1.21. The van der Waals surface area contributed by atoms with Crippen LogP contribution in [-0.2, 0) is 4.74 Å². The van der Waals surface area contributed by atoms with E-state index in [-0.39, 0.29) is 25.2 Å². The normalized spacial score (nSPS) is 15.4. The van der Waals surface area contributed by atoms with Gasteiger partial charge in [0, 0.05) is 6.61 Å². The first-order valence-corrected chi connectivity index (χ1v) is 5.49. The maximum absolute atomic E-state index is 11.4. The Morgan fingerprint density at radius 1 is 1.31 bits per heavy atom. The van der Waals surface area contributed by atoms with Crippen LogP contribution in [0, 0.1) is 5.92 Å². The van der Waals surface area contributed by atoms with Crippen LogP contribution < -0.4 is 5.32 Å². The number of aliphatic hydroxyl groups is 2. The summed E-state index contributed by atoms with van der Waals surface area (Å²) in [6.45, 7) is 7.04. The molecule has 0 bridgehead atoms. The van der Waals surface area contributed by atoms with Crippen molar-refractivity contribution in [2.24, 2.45) is 5.92 Å². The van der Waals surface area contributed by atoms with Crippen LogP contribution in [0.3, 0.4) is 0 Å². The van der Waals surface area contributed by atoms with Crippen LogP contribution in [0.2, 0.25) is 0 Å². The van der Waals surface area contributed by atoms with Crippen molar-refractivity contribution in [2.75, 3.05) is 13.2 Å². The molecule has 96 valence electrons. The number of ether oxygens (including phenoxy) is 1. The molecule has 3 N–H and O–H groups in total. The standard InChI is InChI=1S/C11H23NO4/c1-8(6-13)5-9(7-14)12-10(15)16-11(2,3)4/h8-9,13-14H,5-7H2,1-4H3,(H,12,15)/t8?,9-/m0/s1. The lowest BCUT2D eigenvalue weighted by Crippen LogP contribution is -2.42. The van der Waals surface area contributed by atoms with Crippen molar-refractivity contribution in [1.82, 2.24) is 5.32 Å². The van der Waals surface area contributed by atoms with Gasteiger partial charge < -0.3 is 20.3 Å². The Morgan fingerprint density at radius 2 is 1.88 bits per heavy atom. The molecule has 0 aliphatic carbocycles. The van der Waals surface area contributed by atoms with E-state index in [1.54, 1.807) is 20.8 Å². The molecule has 5 heteroatoms. The summed E-state index contributed by atoms with van der Waals surface area (Å²) in [6, 6.07) is -0.378. The van der Waals surface area contributed by atoms with E-state index in [1.807, 2.05) is 6.92 Å². The van der Waals surface area contributed by atoms with E-state index in [4.69, 9.17) is 14.9 Å². The van der Waals surface area contributed by atoms with Gasteiger partial charge in [0.05, 0.1) is 12.6 Å². The van der Waals surface area contributed by atoms with E-state index < -0.39 is 11.7 Å². The molecule has 0 saturated carbocycles. The molecular weight excluding hydrogens is 210 g/mol. The lowest BCUT2D eigenvalue weighted by Gasteiger charge is -2.23. The van der Waals surface area contributed by atoms with Gasteiger partial charge in [0.25, 0.3) is 0 Å². The van der Waals surface area contributed by atoms with Crippen molar-refractivity contribution in [3.63, 3.8) is 0 Å². The largest absolute Gasteiger partial charge is 0.444 e. The van der Waals surface area contributed by atoms with Crippen molar-refractivity contribution < 1.29 is 19.7 Å². The molecule has 1 amide bonds. The molecule has 0 aromatic carbocycles. The SMILES string of the molecule is CC(CO)C[C@@H](CO)NC(=O)OC(C)(C)C. The first kappa shape index (κ1) is 15.2. The maximum atomic E-state index is 11.4. The van der Waals surface area contributed by atoms with Gasteiger partial charge in [-0.15, -0.1) is 0 Å². The summed E-state index contributed by atoms with van der Waals surface area (Å²) in [4.78, 5) is 11.4. The molecule has 0 spiro atoms. The second-order valence-corrected chi connectivity index (χ2v) is 5.05. The number of aliphatic hydroxyl groups excluding tert-OH is 2. The molecule has 0 aliphatic heterocycles. The Hall–Kier alpha value is -0.810. The predicted molar refractivity (Wildman–Crippen MR) is 61.1 cm³/mol. The van der Waals surface area contributed by atoms with Crippen LogP contribution in [0.15, 0.2) is 0 Å². The predicted octanol–water partition coefficient (Wildman–Crippen LogP) is 0.890. The van der Waals surface area contributed by atoms with Crippen LogP contribution in [0.25, 0.3) is 0 Å². The van der Waals surface area contributed by atoms with E-state index >= 15 is 0 Å². The van der Waals surface area contributed by atoms with Gasteiger partial charge in [0.15, 0.2) is 0 Å². The smallest absolute Gasteiger partial charge is 0.407 e. The lowest BCUT2D eigenvalue weighted by molar-refractivity contribution is 0.0467. The average molecular weight is 233 g/mol. The Kier molecular flexibility index (Phi) is 6.36. The average Bonchev–Trinajstić information content (AvgIpc) is 2.13. The van der Waals surface area contributed by atoms with Gasteiger partial charge in [0.2, 0.25) is 0 Å². The number of nitrogens with one attached hydrogen (secondary N) is 1. The highest BCUT2D eigenvalue weighted by Gasteiger charge is 2.20. The molecule has 0 aromatic heterocycles. The zero-order chi connectivity index (χ0) is 12.8. The van der Waals surface area contributed by atoms with Crippen LogP contribution in [-0.4, -0.2) is 41.2 Å². The molecule has 2 atom stereocenters. The fraction of sp³-hybridized carbons (Fsp3) is 0.909. The Morgan fingerprint density at radius 3 is 2.25 bits per heavy atom. The highest BCUT2D eigenvalue weighted by Crippen LogP contribution is 2.09. The summed E-state index contributed by atoms with van der Waals surface area (Å²) >= 11 is 0. The topological polar surface area (TPSA) is 78.8 Å². The third-order valence-electron chi connectivity index (χ3n) is 1.94. The van der Waals surface area contributed by atoms with E-state index in [0.717, 1.165) is 0 Å². The second-order valence-electron chi connectivity index (χ2n) is 5.05. The number of carbonyl (C=O) groups is 1.